The minimum absolute atomic E-state index is 0.242. The molecule has 0 bridgehead atoms. The zero-order chi connectivity index (χ0) is 33.9. The lowest BCUT2D eigenvalue weighted by Crippen LogP contribution is -2.28. The van der Waals surface area contributed by atoms with E-state index in [0.717, 1.165) is 33.5 Å². The Bertz CT molecular complexity index is 2300. The first kappa shape index (κ1) is 31.0. The molecule has 2 unspecified atom stereocenters. The number of hydrogen-bond acceptors (Lipinski definition) is 2. The molecule has 0 radical (unpaired) electrons. The van der Waals surface area contributed by atoms with Crippen LogP contribution in [0.25, 0.3) is 22.4 Å². The van der Waals surface area contributed by atoms with Crippen LogP contribution in [0.5, 0.6) is 0 Å². The van der Waals surface area contributed by atoms with Gasteiger partial charge in [0, 0.05) is 34.1 Å². The molecule has 6 aromatic rings. The van der Waals surface area contributed by atoms with E-state index in [4.69, 9.17) is 9.98 Å². The maximum Gasteiger partial charge on any atom is 0.160 e. The molecule has 1 aliphatic heterocycles. The van der Waals surface area contributed by atoms with Crippen molar-refractivity contribution in [3.63, 3.8) is 0 Å². The van der Waals surface area contributed by atoms with Gasteiger partial charge in [0.25, 0.3) is 0 Å². The average molecular weight is 644 g/mol. The van der Waals surface area contributed by atoms with Crippen LogP contribution in [0.2, 0.25) is 0 Å². The predicted octanol–water partition coefficient (Wildman–Crippen LogP) is 11.5. The van der Waals surface area contributed by atoms with Crippen molar-refractivity contribution in [3.05, 3.63) is 216 Å². The highest BCUT2D eigenvalue weighted by molar-refractivity contribution is 6.12. The summed E-state index contributed by atoms with van der Waals surface area (Å²) in [7, 11) is 0. The highest BCUT2D eigenvalue weighted by Gasteiger charge is 2.38. The number of benzene rings is 6. The molecule has 2 atom stereocenters. The van der Waals surface area contributed by atoms with Crippen LogP contribution >= 0.6 is 0 Å². The largest absolute Gasteiger partial charge is 0.333 e. The molecule has 1 aliphatic carbocycles. The Balaban J connectivity index is 1.09. The highest BCUT2D eigenvalue weighted by atomic mass is 15.2. The van der Waals surface area contributed by atoms with Crippen molar-refractivity contribution in [2.75, 3.05) is 4.90 Å². The second-order valence-electron chi connectivity index (χ2n) is 12.7. The fraction of sp³-hybridized carbons (Fsp3) is 0.0638. The Labute approximate surface area is 294 Å². The van der Waals surface area contributed by atoms with Gasteiger partial charge >= 0.3 is 0 Å². The van der Waals surface area contributed by atoms with Crippen molar-refractivity contribution in [2.45, 2.75) is 18.9 Å². The van der Waals surface area contributed by atoms with Crippen LogP contribution in [-0.4, -0.2) is 17.6 Å². The quantitative estimate of drug-likeness (QED) is 0.126. The van der Waals surface area contributed by atoms with Gasteiger partial charge in [-0.25, -0.2) is 9.98 Å². The van der Waals surface area contributed by atoms with E-state index in [1.807, 2.05) is 55.5 Å². The van der Waals surface area contributed by atoms with Crippen LogP contribution in [0.15, 0.2) is 199 Å². The number of amidine groups is 1. The summed E-state index contributed by atoms with van der Waals surface area (Å²) in [6.45, 7) is 6.41. The van der Waals surface area contributed by atoms with E-state index < -0.39 is 0 Å². The summed E-state index contributed by atoms with van der Waals surface area (Å²) in [5.74, 6) is 0.907. The standard InChI is InChI=1S/C47H37N3/c1-33(35-16-6-3-7-17-35)48-47(36-18-8-4-9-19-36)49-34(2)37-20-14-21-38(30-37)39-22-15-23-40(31-39)41-28-29-46-44(32-41)43-26-12-13-27-45(43)50(46)42-24-10-5-11-25-42/h3-32,44,46H,2H2,1H3. The molecule has 0 spiro atoms. The molecule has 0 saturated carbocycles. The van der Waals surface area contributed by atoms with Gasteiger partial charge in [-0.05, 0) is 70.6 Å². The number of hydrogen-bond donors (Lipinski definition) is 0. The number of rotatable bonds is 7. The SMILES string of the molecule is C=C(N=C(N=C(C)c1ccccc1)c1ccccc1)c1cccc(-c2cccc(C3=CC4c5ccccc5N(c5ccccc5)C4C=C3)c2)c1. The fourth-order valence-electron chi connectivity index (χ4n) is 7.02. The van der Waals surface area contributed by atoms with Crippen LogP contribution in [0.4, 0.5) is 11.4 Å². The zero-order valence-corrected chi connectivity index (χ0v) is 28.0. The monoisotopic (exact) mass is 643 g/mol. The first-order chi connectivity index (χ1) is 24.6. The molecule has 0 fully saturated rings. The van der Waals surface area contributed by atoms with Gasteiger partial charge < -0.3 is 4.90 Å². The molecule has 3 nitrogen and oxygen atoms in total. The summed E-state index contributed by atoms with van der Waals surface area (Å²) in [5.41, 5.74) is 13.1. The van der Waals surface area contributed by atoms with Gasteiger partial charge in [-0.1, -0.05) is 158 Å². The number of allylic oxidation sites excluding steroid dienone is 2. The third-order valence-corrected chi connectivity index (χ3v) is 9.55. The molecular formula is C47H37N3. The minimum atomic E-state index is 0.242. The summed E-state index contributed by atoms with van der Waals surface area (Å²) in [6.07, 6.45) is 7.11. The molecule has 0 N–H and O–H groups in total. The first-order valence-corrected chi connectivity index (χ1v) is 17.1. The molecular weight excluding hydrogens is 607 g/mol. The van der Waals surface area contributed by atoms with Crippen molar-refractivity contribution in [2.24, 2.45) is 9.98 Å². The van der Waals surface area contributed by atoms with Gasteiger partial charge in [-0.2, -0.15) is 0 Å². The lowest BCUT2D eigenvalue weighted by molar-refractivity contribution is 0.747. The van der Waals surface area contributed by atoms with E-state index in [2.05, 4.69) is 145 Å². The lowest BCUT2D eigenvalue weighted by atomic mass is 9.85. The topological polar surface area (TPSA) is 28.0 Å². The van der Waals surface area contributed by atoms with E-state index >= 15 is 0 Å². The molecule has 3 heteroatoms. The third kappa shape index (κ3) is 6.18. The first-order valence-electron chi connectivity index (χ1n) is 17.1. The molecule has 1 heterocycles. The van der Waals surface area contributed by atoms with Gasteiger partial charge in [-0.3, -0.25) is 0 Å². The fourth-order valence-corrected chi connectivity index (χ4v) is 7.02. The summed E-state index contributed by atoms with van der Waals surface area (Å²) in [4.78, 5) is 12.4. The maximum atomic E-state index is 5.00. The number of aliphatic imine (C=N–C) groups is 2. The zero-order valence-electron chi connectivity index (χ0n) is 28.0. The Morgan fingerprint density at radius 3 is 1.94 bits per heavy atom. The molecule has 0 amide bonds. The second kappa shape index (κ2) is 13.7. The van der Waals surface area contributed by atoms with E-state index in [9.17, 15) is 0 Å². The van der Waals surface area contributed by atoms with E-state index in [-0.39, 0.29) is 12.0 Å². The molecule has 8 rings (SSSR count). The van der Waals surface area contributed by atoms with Gasteiger partial charge in [-0.15, -0.1) is 0 Å². The number of nitrogens with zero attached hydrogens (tertiary/aromatic N) is 3. The van der Waals surface area contributed by atoms with Gasteiger partial charge in [0.05, 0.1) is 11.7 Å². The van der Waals surface area contributed by atoms with Crippen LogP contribution in [-0.2, 0) is 0 Å². The van der Waals surface area contributed by atoms with E-state index in [0.29, 0.717) is 11.5 Å². The van der Waals surface area contributed by atoms with Crippen molar-refractivity contribution in [1.82, 2.24) is 0 Å². The Hall–Kier alpha value is -6.32. The van der Waals surface area contributed by atoms with Crippen LogP contribution in [0, 0.1) is 0 Å². The van der Waals surface area contributed by atoms with Crippen LogP contribution in [0.3, 0.4) is 0 Å². The smallest absolute Gasteiger partial charge is 0.160 e. The van der Waals surface area contributed by atoms with Crippen molar-refractivity contribution in [3.8, 4) is 11.1 Å². The normalized spacial score (nSPS) is 16.8. The lowest BCUT2D eigenvalue weighted by Gasteiger charge is -2.29. The summed E-state index contributed by atoms with van der Waals surface area (Å²) < 4.78 is 0. The highest BCUT2D eigenvalue weighted by Crippen LogP contribution is 2.49. The van der Waals surface area contributed by atoms with E-state index in [1.54, 1.807) is 0 Å². The van der Waals surface area contributed by atoms with Crippen LogP contribution in [0.1, 0.15) is 40.7 Å². The Morgan fingerprint density at radius 1 is 0.580 bits per heavy atom. The van der Waals surface area contributed by atoms with Gasteiger partial charge in [0.15, 0.2) is 5.84 Å². The molecule has 2 aliphatic rings. The number of para-hydroxylation sites is 2. The number of anilines is 2. The summed E-state index contributed by atoms with van der Waals surface area (Å²) in [5, 5.41) is 0. The maximum absolute atomic E-state index is 5.00. The third-order valence-electron chi connectivity index (χ3n) is 9.55. The van der Waals surface area contributed by atoms with Crippen LogP contribution < -0.4 is 4.90 Å². The number of fused-ring (bicyclic) bond motifs is 3. The summed E-state index contributed by atoms with van der Waals surface area (Å²) >= 11 is 0. The predicted molar refractivity (Wildman–Crippen MR) is 211 cm³/mol. The van der Waals surface area contributed by atoms with Gasteiger partial charge in [0.1, 0.15) is 0 Å². The second-order valence-corrected chi connectivity index (χ2v) is 12.7. The molecule has 50 heavy (non-hydrogen) atoms. The molecule has 0 saturated heterocycles. The van der Waals surface area contributed by atoms with Crippen molar-refractivity contribution < 1.29 is 0 Å². The summed E-state index contributed by atoms with van der Waals surface area (Å²) in [6, 6.07) is 57.4. The Morgan fingerprint density at radius 2 is 1.18 bits per heavy atom. The molecule has 0 aromatic heterocycles. The molecule has 6 aromatic carbocycles. The minimum Gasteiger partial charge on any atom is -0.333 e. The average Bonchev–Trinajstić information content (AvgIpc) is 3.52. The Kier molecular flexibility index (Phi) is 8.46. The van der Waals surface area contributed by atoms with Gasteiger partial charge in [0.2, 0.25) is 0 Å². The van der Waals surface area contributed by atoms with Crippen molar-refractivity contribution in [1.29, 1.82) is 0 Å². The molecule has 240 valence electrons. The van der Waals surface area contributed by atoms with E-state index in [1.165, 1.54) is 28.1 Å². The van der Waals surface area contributed by atoms with Crippen molar-refractivity contribution >= 4 is 34.2 Å².